The van der Waals surface area contributed by atoms with E-state index in [1.165, 1.54) is 205 Å². The minimum absolute atomic E-state index is 0.486. The second-order valence-electron chi connectivity index (χ2n) is 12.8. The summed E-state index contributed by atoms with van der Waals surface area (Å²) in [7, 11) is 0. The molecule has 0 fully saturated rings. The van der Waals surface area contributed by atoms with Gasteiger partial charge < -0.3 is 0 Å². The van der Waals surface area contributed by atoms with Gasteiger partial charge >= 0.3 is 0 Å². The largest absolute Gasteiger partial charge is 0.179 e. The van der Waals surface area contributed by atoms with Crippen molar-refractivity contribution in [2.24, 2.45) is 0 Å². The minimum atomic E-state index is 0.486. The van der Waals surface area contributed by atoms with E-state index in [-0.39, 0.29) is 0 Å². The molecule has 2 unspecified atom stereocenters. The Labute approximate surface area is 276 Å². The zero-order valence-electron chi connectivity index (χ0n) is 27.0. The summed E-state index contributed by atoms with van der Waals surface area (Å²) < 4.78 is 0. The van der Waals surface area contributed by atoms with Crippen LogP contribution in [0.2, 0.25) is 0 Å². The number of hydrogen-bond acceptors (Lipinski definition) is 4. The topological polar surface area (TPSA) is 0 Å². The van der Waals surface area contributed by atoms with Crippen LogP contribution in [0.5, 0.6) is 0 Å². The molecule has 0 heterocycles. The molecule has 0 bridgehead atoms. The van der Waals surface area contributed by atoms with Crippen molar-refractivity contribution in [1.29, 1.82) is 0 Å². The van der Waals surface area contributed by atoms with E-state index in [9.17, 15) is 0 Å². The summed E-state index contributed by atoms with van der Waals surface area (Å²) in [5, 5.41) is 0.971. The van der Waals surface area contributed by atoms with Crippen LogP contribution in [0, 0.1) is 0 Å². The van der Waals surface area contributed by atoms with E-state index < -0.39 is 0 Å². The molecule has 0 aromatic carbocycles. The highest BCUT2D eigenvalue weighted by Gasteiger charge is 2.13. The molecule has 0 aromatic heterocycles. The molecule has 0 aliphatic heterocycles. The first-order valence-electron chi connectivity index (χ1n) is 18.3. The molecule has 0 aromatic rings. The van der Waals surface area contributed by atoms with Gasteiger partial charge in [0.1, 0.15) is 0 Å². The summed E-state index contributed by atoms with van der Waals surface area (Å²) in [6, 6.07) is 0. The van der Waals surface area contributed by atoms with Crippen LogP contribution in [0.4, 0.5) is 0 Å². The predicted molar refractivity (Wildman–Crippen MR) is 201 cm³/mol. The third-order valence-corrected chi connectivity index (χ3v) is 10.9. The normalized spacial score (nSPS) is 13.2. The Balaban J connectivity index is 3.26. The maximum Gasteiger partial charge on any atom is 0.0133 e. The molecule has 0 aliphatic rings. The Hall–Kier alpha value is 1.40. The van der Waals surface area contributed by atoms with Crippen molar-refractivity contribution in [3.63, 3.8) is 0 Å². The van der Waals surface area contributed by atoms with E-state index in [2.05, 4.69) is 25.3 Å². The Morgan fingerprint density at radius 2 is 0.375 bits per heavy atom. The number of unbranched alkanes of at least 4 members (excludes halogenated alkanes) is 28. The average Bonchev–Trinajstić information content (AvgIpc) is 2.96. The lowest BCUT2D eigenvalue weighted by molar-refractivity contribution is 0.518. The smallest absolute Gasteiger partial charge is 0.0133 e. The fourth-order valence-corrected chi connectivity index (χ4v) is 7.02. The number of thiol groups is 4. The van der Waals surface area contributed by atoms with E-state index in [1.807, 2.05) is 0 Å². The molecule has 242 valence electrons. The van der Waals surface area contributed by atoms with Crippen molar-refractivity contribution in [3.8, 4) is 0 Å². The zero-order valence-corrected chi connectivity index (χ0v) is 30.6. The van der Waals surface area contributed by atoms with Crippen molar-refractivity contribution < 1.29 is 0 Å². The van der Waals surface area contributed by atoms with Crippen molar-refractivity contribution in [2.75, 3.05) is 11.5 Å². The predicted octanol–water partition coefficient (Wildman–Crippen LogP) is 13.9. The summed E-state index contributed by atoms with van der Waals surface area (Å²) in [5.41, 5.74) is 0. The summed E-state index contributed by atoms with van der Waals surface area (Å²) in [6.45, 7) is 0. The molecule has 2 atom stereocenters. The van der Waals surface area contributed by atoms with Gasteiger partial charge in [-0.05, 0) is 37.2 Å². The third-order valence-electron chi connectivity index (χ3n) is 8.76. The summed E-state index contributed by atoms with van der Waals surface area (Å²) in [5.74, 6) is 2.12. The lowest BCUT2D eigenvalue weighted by atomic mass is 10.0. The molecule has 0 nitrogen and oxygen atoms in total. The average molecular weight is 635 g/mol. The highest BCUT2D eigenvalue weighted by atomic mass is 32.1. The first kappa shape index (κ1) is 41.4. The van der Waals surface area contributed by atoms with Gasteiger partial charge in [-0.15, -0.1) is 0 Å². The Kier molecular flexibility index (Phi) is 37.9. The monoisotopic (exact) mass is 634 g/mol. The highest BCUT2D eigenvalue weighted by molar-refractivity contribution is 7.85. The van der Waals surface area contributed by atoms with Crippen LogP contribution in [-0.4, -0.2) is 22.0 Å². The molecule has 0 aliphatic carbocycles. The molecule has 0 saturated heterocycles. The molecule has 4 heteroatoms. The lowest BCUT2D eigenvalue weighted by Crippen LogP contribution is -2.15. The molecule has 0 saturated carbocycles. The van der Waals surface area contributed by atoms with Crippen molar-refractivity contribution in [2.45, 2.75) is 216 Å². The van der Waals surface area contributed by atoms with Gasteiger partial charge in [-0.2, -0.15) is 50.5 Å². The van der Waals surface area contributed by atoms with Gasteiger partial charge in [0.2, 0.25) is 0 Å². The summed E-state index contributed by atoms with van der Waals surface area (Å²) >= 11 is 18.4. The number of rotatable bonds is 35. The summed E-state index contributed by atoms with van der Waals surface area (Å²) in [4.78, 5) is 0. The fraction of sp³-hybridized carbons (Fsp3) is 1.00. The first-order valence-corrected chi connectivity index (χ1v) is 20.6. The Morgan fingerprint density at radius 3 is 0.550 bits per heavy atom. The van der Waals surface area contributed by atoms with Crippen molar-refractivity contribution in [3.05, 3.63) is 0 Å². The Morgan fingerprint density at radius 1 is 0.225 bits per heavy atom. The van der Waals surface area contributed by atoms with Crippen molar-refractivity contribution >= 4 is 50.5 Å². The van der Waals surface area contributed by atoms with Gasteiger partial charge in [0.15, 0.2) is 0 Å². The maximum atomic E-state index is 4.90. The molecule has 0 spiro atoms. The Bertz CT molecular complexity index is 405. The first-order chi connectivity index (χ1) is 19.7. The van der Waals surface area contributed by atoms with Gasteiger partial charge in [-0.25, -0.2) is 0 Å². The van der Waals surface area contributed by atoms with Gasteiger partial charge in [0.25, 0.3) is 0 Å². The molecule has 0 N–H and O–H groups in total. The SMILES string of the molecule is SCCCCCCCCCCCCCCCCCC(S)C(S)CCCCCCCCCCCCCCCCCS. The van der Waals surface area contributed by atoms with Crippen LogP contribution >= 0.6 is 50.5 Å². The zero-order chi connectivity index (χ0) is 29.2. The fourth-order valence-electron chi connectivity index (χ4n) is 5.91. The van der Waals surface area contributed by atoms with Crippen molar-refractivity contribution in [1.82, 2.24) is 0 Å². The molecule has 0 radical (unpaired) electrons. The van der Waals surface area contributed by atoms with E-state index in [0.717, 1.165) is 11.5 Å². The van der Waals surface area contributed by atoms with Gasteiger partial charge in [-0.3, -0.25) is 0 Å². The van der Waals surface area contributed by atoms with Crippen LogP contribution < -0.4 is 0 Å². The van der Waals surface area contributed by atoms with Crippen LogP contribution in [0.3, 0.4) is 0 Å². The van der Waals surface area contributed by atoms with Gasteiger partial charge in [-0.1, -0.05) is 180 Å². The van der Waals surface area contributed by atoms with E-state index in [1.54, 1.807) is 0 Å². The van der Waals surface area contributed by atoms with E-state index in [4.69, 9.17) is 25.3 Å². The molecule has 0 rings (SSSR count). The minimum Gasteiger partial charge on any atom is -0.179 e. The molecular weight excluding hydrogens is 561 g/mol. The quantitative estimate of drug-likeness (QED) is 0.0387. The van der Waals surface area contributed by atoms with Gasteiger partial charge in [0, 0.05) is 10.5 Å². The van der Waals surface area contributed by atoms with E-state index >= 15 is 0 Å². The maximum absolute atomic E-state index is 4.90. The third kappa shape index (κ3) is 33.9. The highest BCUT2D eigenvalue weighted by Crippen LogP contribution is 2.23. The molecule has 40 heavy (non-hydrogen) atoms. The molecule has 0 amide bonds. The second-order valence-corrected chi connectivity index (χ2v) is 15.0. The van der Waals surface area contributed by atoms with Crippen LogP contribution in [-0.2, 0) is 0 Å². The van der Waals surface area contributed by atoms with Crippen LogP contribution in [0.15, 0.2) is 0 Å². The van der Waals surface area contributed by atoms with Gasteiger partial charge in [0.05, 0.1) is 0 Å². The second kappa shape index (κ2) is 36.6. The lowest BCUT2D eigenvalue weighted by Gasteiger charge is -2.18. The van der Waals surface area contributed by atoms with E-state index in [0.29, 0.717) is 10.5 Å². The standard InChI is InChI=1S/C36H74S4/c37-33-29-25-21-17-13-9-5-1-3-7-11-15-19-23-27-31-35(39)36(40)32-28-24-20-16-12-8-4-2-6-10-14-18-22-26-30-34-38/h35-40H,1-34H2. The molecular formula is C36H74S4. The van der Waals surface area contributed by atoms with Crippen LogP contribution in [0.1, 0.15) is 205 Å². The summed E-state index contributed by atoms with van der Waals surface area (Å²) in [6.07, 6.45) is 45.1. The van der Waals surface area contributed by atoms with Crippen LogP contribution in [0.25, 0.3) is 0 Å². The number of hydrogen-bond donors (Lipinski definition) is 4.